The van der Waals surface area contributed by atoms with Crippen molar-refractivity contribution in [3.63, 3.8) is 0 Å². The van der Waals surface area contributed by atoms with Gasteiger partial charge in [-0.1, -0.05) is 30.3 Å². The van der Waals surface area contributed by atoms with Crippen LogP contribution in [0.15, 0.2) is 51.9 Å². The fourth-order valence-corrected chi connectivity index (χ4v) is 2.26. The Morgan fingerprint density at radius 1 is 1.28 bits per heavy atom. The minimum absolute atomic E-state index is 0.0220. The molecule has 0 aliphatic heterocycles. The van der Waals surface area contributed by atoms with Crippen molar-refractivity contribution in [2.75, 3.05) is 0 Å². The van der Waals surface area contributed by atoms with E-state index in [0.29, 0.717) is 12.2 Å². The van der Waals surface area contributed by atoms with Crippen LogP contribution in [0, 0.1) is 6.92 Å². The number of aryl methyl sites for hydroxylation is 1. The van der Waals surface area contributed by atoms with E-state index in [1.54, 1.807) is 23.8 Å². The van der Waals surface area contributed by atoms with Gasteiger partial charge in [-0.15, -0.1) is 0 Å². The number of halogens is 1. The number of nitrogens with zero attached hydrogens (tertiary/aromatic N) is 1. The molecule has 0 amide bonds. The van der Waals surface area contributed by atoms with E-state index in [1.165, 1.54) is 0 Å². The zero-order valence-corrected chi connectivity index (χ0v) is 11.7. The van der Waals surface area contributed by atoms with Gasteiger partial charge in [-0.25, -0.2) is 0 Å². The molecule has 0 atom stereocenters. The summed E-state index contributed by atoms with van der Waals surface area (Å²) in [6, 6.07) is 11.7. The third-order valence-electron chi connectivity index (χ3n) is 2.57. The zero-order valence-electron chi connectivity index (χ0n) is 10.1. The van der Waals surface area contributed by atoms with Gasteiger partial charge in [0, 0.05) is 16.2 Å². The molecule has 1 aromatic carbocycles. The lowest BCUT2D eigenvalue weighted by atomic mass is 10.2. The molecule has 0 bridgehead atoms. The van der Waals surface area contributed by atoms with Crippen LogP contribution in [0.25, 0.3) is 0 Å². The lowest BCUT2D eigenvalue weighted by Crippen LogP contribution is -2.22. The molecule has 0 unspecified atom stereocenters. The van der Waals surface area contributed by atoms with E-state index in [2.05, 4.69) is 15.9 Å². The van der Waals surface area contributed by atoms with Crippen LogP contribution < -0.4 is 5.56 Å². The Hall–Kier alpha value is -1.39. The van der Waals surface area contributed by atoms with Crippen LogP contribution in [0.2, 0.25) is 0 Å². The fourth-order valence-electron chi connectivity index (χ4n) is 1.67. The van der Waals surface area contributed by atoms with Gasteiger partial charge in [0.2, 0.25) is 0 Å². The highest BCUT2D eigenvalue weighted by Crippen LogP contribution is 2.08. The van der Waals surface area contributed by atoms with Gasteiger partial charge >= 0.3 is 0 Å². The van der Waals surface area contributed by atoms with Gasteiger partial charge in [0.05, 0.1) is 6.61 Å². The van der Waals surface area contributed by atoms with Crippen LogP contribution in [0.1, 0.15) is 11.1 Å². The number of hydrogen-bond donors (Lipinski definition) is 0. The average Bonchev–Trinajstić information content (AvgIpc) is 2.36. The van der Waals surface area contributed by atoms with Crippen LogP contribution in [-0.4, -0.2) is 4.57 Å². The van der Waals surface area contributed by atoms with Crippen molar-refractivity contribution in [1.82, 2.24) is 4.57 Å². The molecule has 1 heterocycles. The number of rotatable bonds is 4. The molecule has 2 aromatic rings. The molecule has 2 rings (SSSR count). The van der Waals surface area contributed by atoms with Crippen LogP contribution in [0.4, 0.5) is 0 Å². The normalized spacial score (nSPS) is 10.6. The molecule has 0 saturated carbocycles. The highest BCUT2D eigenvalue weighted by atomic mass is 79.9. The summed E-state index contributed by atoms with van der Waals surface area (Å²) in [6.07, 6.45) is 1.74. The van der Waals surface area contributed by atoms with Gasteiger partial charge in [-0.2, -0.15) is 0 Å². The minimum atomic E-state index is -0.0220. The topological polar surface area (TPSA) is 31.2 Å². The van der Waals surface area contributed by atoms with Crippen molar-refractivity contribution in [2.45, 2.75) is 20.3 Å². The van der Waals surface area contributed by atoms with E-state index in [-0.39, 0.29) is 12.3 Å². The smallest absolute Gasteiger partial charge is 0.255 e. The molecule has 0 spiro atoms. The van der Waals surface area contributed by atoms with E-state index in [1.807, 2.05) is 30.3 Å². The molecule has 0 N–H and O–H groups in total. The Kier molecular flexibility index (Phi) is 4.33. The van der Waals surface area contributed by atoms with Crippen molar-refractivity contribution < 1.29 is 4.74 Å². The highest BCUT2D eigenvalue weighted by Gasteiger charge is 2.01. The summed E-state index contributed by atoms with van der Waals surface area (Å²) in [5.41, 5.74) is 1.77. The first-order valence-corrected chi connectivity index (χ1v) is 6.44. The Bertz CT molecular complexity index is 578. The maximum absolute atomic E-state index is 11.8. The summed E-state index contributed by atoms with van der Waals surface area (Å²) >= 11 is 3.37. The van der Waals surface area contributed by atoms with Crippen molar-refractivity contribution in [3.05, 3.63) is 68.5 Å². The van der Waals surface area contributed by atoms with E-state index < -0.39 is 0 Å². The molecule has 94 valence electrons. The lowest BCUT2D eigenvalue weighted by Gasteiger charge is -2.08. The standard InChI is InChI=1S/C14H14BrNO2/c1-11-7-13(15)8-16(14(11)17)10-18-9-12-5-3-2-4-6-12/h2-8H,9-10H2,1H3. The van der Waals surface area contributed by atoms with Gasteiger partial charge in [0.1, 0.15) is 6.73 Å². The van der Waals surface area contributed by atoms with Crippen molar-refractivity contribution in [1.29, 1.82) is 0 Å². The Balaban J connectivity index is 2.01. The van der Waals surface area contributed by atoms with E-state index in [9.17, 15) is 4.79 Å². The molecule has 0 saturated heterocycles. The van der Waals surface area contributed by atoms with E-state index in [0.717, 1.165) is 10.0 Å². The minimum Gasteiger partial charge on any atom is -0.356 e. The first-order valence-electron chi connectivity index (χ1n) is 5.65. The number of ether oxygens (including phenoxy) is 1. The van der Waals surface area contributed by atoms with Crippen molar-refractivity contribution >= 4 is 15.9 Å². The molecule has 0 radical (unpaired) electrons. The Labute approximate surface area is 114 Å². The SMILES string of the molecule is Cc1cc(Br)cn(COCc2ccccc2)c1=O. The average molecular weight is 308 g/mol. The van der Waals surface area contributed by atoms with Gasteiger partial charge in [-0.05, 0) is 34.5 Å². The number of hydrogen-bond acceptors (Lipinski definition) is 2. The largest absolute Gasteiger partial charge is 0.356 e. The first kappa shape index (κ1) is 13.1. The van der Waals surface area contributed by atoms with E-state index >= 15 is 0 Å². The van der Waals surface area contributed by atoms with Gasteiger partial charge in [0.15, 0.2) is 0 Å². The zero-order chi connectivity index (χ0) is 13.0. The molecule has 3 nitrogen and oxygen atoms in total. The van der Waals surface area contributed by atoms with Crippen molar-refractivity contribution in [3.8, 4) is 0 Å². The summed E-state index contributed by atoms with van der Waals surface area (Å²) in [5, 5.41) is 0. The molecular formula is C14H14BrNO2. The van der Waals surface area contributed by atoms with Crippen LogP contribution in [0.5, 0.6) is 0 Å². The second kappa shape index (κ2) is 5.98. The van der Waals surface area contributed by atoms with Crippen LogP contribution in [-0.2, 0) is 18.1 Å². The fraction of sp³-hybridized carbons (Fsp3) is 0.214. The Morgan fingerprint density at radius 2 is 2.00 bits per heavy atom. The van der Waals surface area contributed by atoms with Crippen LogP contribution >= 0.6 is 15.9 Å². The highest BCUT2D eigenvalue weighted by molar-refractivity contribution is 9.10. The quantitative estimate of drug-likeness (QED) is 0.869. The number of benzene rings is 1. The second-order valence-electron chi connectivity index (χ2n) is 4.08. The third kappa shape index (κ3) is 3.31. The molecule has 0 fully saturated rings. The summed E-state index contributed by atoms with van der Waals surface area (Å²) in [5.74, 6) is 0. The second-order valence-corrected chi connectivity index (χ2v) is 5.00. The van der Waals surface area contributed by atoms with Crippen molar-refractivity contribution in [2.24, 2.45) is 0 Å². The first-order chi connectivity index (χ1) is 8.66. The van der Waals surface area contributed by atoms with Gasteiger partial charge in [0.25, 0.3) is 5.56 Å². The molecule has 18 heavy (non-hydrogen) atoms. The summed E-state index contributed by atoms with van der Waals surface area (Å²) in [7, 11) is 0. The molecule has 4 heteroatoms. The van der Waals surface area contributed by atoms with Gasteiger partial charge in [-0.3, -0.25) is 9.36 Å². The molecular weight excluding hydrogens is 294 g/mol. The molecule has 0 aliphatic rings. The third-order valence-corrected chi connectivity index (χ3v) is 3.01. The lowest BCUT2D eigenvalue weighted by molar-refractivity contribution is 0.0615. The molecule has 0 aliphatic carbocycles. The maximum atomic E-state index is 11.8. The van der Waals surface area contributed by atoms with E-state index in [4.69, 9.17) is 4.74 Å². The predicted molar refractivity (Wildman–Crippen MR) is 74.4 cm³/mol. The Morgan fingerprint density at radius 3 is 2.72 bits per heavy atom. The summed E-state index contributed by atoms with van der Waals surface area (Å²) < 4.78 is 7.97. The monoisotopic (exact) mass is 307 g/mol. The number of aromatic nitrogens is 1. The summed E-state index contributed by atoms with van der Waals surface area (Å²) in [4.78, 5) is 11.8. The molecule has 1 aromatic heterocycles. The maximum Gasteiger partial charge on any atom is 0.255 e. The van der Waals surface area contributed by atoms with Crippen LogP contribution in [0.3, 0.4) is 0 Å². The summed E-state index contributed by atoms with van der Waals surface area (Å²) in [6.45, 7) is 2.55. The van der Waals surface area contributed by atoms with Gasteiger partial charge < -0.3 is 4.74 Å². The number of pyridine rings is 1. The predicted octanol–water partition coefficient (Wildman–Crippen LogP) is 3.09.